The Hall–Kier alpha value is -3.02. The molecule has 10 heteroatoms. The Labute approximate surface area is 269 Å². The van der Waals surface area contributed by atoms with Crippen LogP contribution in [0.15, 0.2) is 89.8 Å². The van der Waals surface area contributed by atoms with Gasteiger partial charge in [-0.25, -0.2) is 13.2 Å². The fourth-order valence-electron chi connectivity index (χ4n) is 6.65. The molecule has 0 aromatic heterocycles. The molecule has 0 aliphatic carbocycles. The molecule has 2 aliphatic rings. The molecule has 0 N–H and O–H groups in total. The molecule has 45 heavy (non-hydrogen) atoms. The second kappa shape index (κ2) is 12.3. The van der Waals surface area contributed by atoms with E-state index in [9.17, 15) is 13.2 Å². The number of benzene rings is 3. The van der Waals surface area contributed by atoms with Gasteiger partial charge in [0, 0.05) is 19.0 Å². The lowest BCUT2D eigenvalue weighted by atomic mass is 9.95. The van der Waals surface area contributed by atoms with E-state index in [-0.39, 0.29) is 28.9 Å². The minimum atomic E-state index is -3.81. The van der Waals surface area contributed by atoms with Gasteiger partial charge in [-0.15, -0.1) is 0 Å². The molecule has 2 heterocycles. The second-order valence-corrected chi connectivity index (χ2v) is 20.4. The maximum atomic E-state index is 13.8. The molecule has 0 radical (unpaired) electrons. The van der Waals surface area contributed by atoms with Crippen molar-refractivity contribution in [1.82, 2.24) is 9.37 Å². The molecule has 2 aliphatic heterocycles. The normalized spacial score (nSPS) is 21.9. The number of rotatable bonds is 7. The van der Waals surface area contributed by atoms with Crippen molar-refractivity contribution in [3.8, 4) is 0 Å². The predicted octanol–water partition coefficient (Wildman–Crippen LogP) is 5.50. The van der Waals surface area contributed by atoms with Gasteiger partial charge in [0.05, 0.1) is 17.0 Å². The summed E-state index contributed by atoms with van der Waals surface area (Å²) >= 11 is 0. The van der Waals surface area contributed by atoms with Crippen LogP contribution in [0, 0.1) is 12.8 Å². The minimum absolute atomic E-state index is 0.0998. The van der Waals surface area contributed by atoms with Gasteiger partial charge in [0.15, 0.2) is 0 Å². The van der Waals surface area contributed by atoms with Crippen molar-refractivity contribution in [1.29, 1.82) is 0 Å². The molecule has 0 unspecified atom stereocenters. The fraction of sp³-hybridized carbons (Fsp3) is 0.457. The number of carbonyl (C=O) groups excluding carboxylic acids is 1. The SMILES string of the molecule is Cc1ccc(S(=O)(=O)N2C[C@@H]3[C@@H]([C@H](C)O[Si](c4ccccc4)(c4ccccc4)C(C)(C)C)ON(C(=O)OC(C)(C)C)[C@@H]3C2)cc1. The van der Waals surface area contributed by atoms with Crippen molar-refractivity contribution in [2.24, 2.45) is 5.92 Å². The average molecular weight is 651 g/mol. The third-order valence-corrected chi connectivity index (χ3v) is 15.7. The maximum absolute atomic E-state index is 13.8. The average Bonchev–Trinajstić information content (AvgIpc) is 3.56. The molecule has 3 aromatic carbocycles. The van der Waals surface area contributed by atoms with E-state index in [1.165, 1.54) is 9.37 Å². The molecule has 5 rings (SSSR count). The van der Waals surface area contributed by atoms with Crippen LogP contribution >= 0.6 is 0 Å². The maximum Gasteiger partial charge on any atom is 0.434 e. The van der Waals surface area contributed by atoms with Gasteiger partial charge in [0.2, 0.25) is 10.0 Å². The zero-order valence-corrected chi connectivity index (χ0v) is 29.4. The van der Waals surface area contributed by atoms with Gasteiger partial charge in [-0.1, -0.05) is 99.1 Å². The van der Waals surface area contributed by atoms with E-state index in [1.54, 1.807) is 45.0 Å². The number of hydrogen-bond acceptors (Lipinski definition) is 6. The summed E-state index contributed by atoms with van der Waals surface area (Å²) in [6, 6.07) is 27.0. The molecule has 3 aromatic rings. The van der Waals surface area contributed by atoms with Crippen LogP contribution in [0.4, 0.5) is 4.79 Å². The van der Waals surface area contributed by atoms with E-state index in [0.29, 0.717) is 0 Å². The highest BCUT2D eigenvalue weighted by Gasteiger charge is 2.58. The number of amides is 1. The minimum Gasteiger partial charge on any atom is -0.442 e. The first-order valence-electron chi connectivity index (χ1n) is 15.6. The number of fused-ring (bicyclic) bond motifs is 1. The van der Waals surface area contributed by atoms with Crippen molar-refractivity contribution >= 4 is 34.8 Å². The zero-order valence-electron chi connectivity index (χ0n) is 27.6. The molecule has 2 fully saturated rings. The summed E-state index contributed by atoms with van der Waals surface area (Å²) in [6.45, 7) is 16.2. The summed E-state index contributed by atoms with van der Waals surface area (Å²) in [5, 5.41) is 3.24. The van der Waals surface area contributed by atoms with Crippen LogP contribution in [-0.2, 0) is 24.0 Å². The van der Waals surface area contributed by atoms with Crippen LogP contribution in [-0.4, -0.2) is 69.1 Å². The zero-order chi connectivity index (χ0) is 32.8. The van der Waals surface area contributed by atoms with Crippen molar-refractivity contribution in [3.63, 3.8) is 0 Å². The van der Waals surface area contributed by atoms with Gasteiger partial charge >= 0.3 is 6.09 Å². The fourth-order valence-corrected chi connectivity index (χ4v) is 12.8. The van der Waals surface area contributed by atoms with Crippen molar-refractivity contribution < 1.29 is 27.2 Å². The number of sulfonamides is 1. The number of hydroxylamine groups is 2. The number of nitrogens with zero attached hydrogens (tertiary/aromatic N) is 2. The highest BCUT2D eigenvalue weighted by molar-refractivity contribution is 7.89. The van der Waals surface area contributed by atoms with Gasteiger partial charge in [-0.2, -0.15) is 9.37 Å². The standard InChI is InChI=1S/C35H46N2O6SSi/c1-25-19-21-27(22-20-25)44(39,40)36-23-30-31(24-36)37(33(38)41-34(3,4)5)42-32(30)26(2)43-45(35(6,7)8,28-15-11-9-12-16-28)29-17-13-10-14-18-29/h9-22,26,30-32H,23-24H2,1-8H3/t26-,30-,31+,32+/m0/s1. The van der Waals surface area contributed by atoms with Gasteiger partial charge in [0.25, 0.3) is 8.32 Å². The first-order chi connectivity index (χ1) is 21.0. The lowest BCUT2D eigenvalue weighted by Gasteiger charge is -2.45. The van der Waals surface area contributed by atoms with Crippen molar-refractivity contribution in [3.05, 3.63) is 90.5 Å². The summed E-state index contributed by atoms with van der Waals surface area (Å²) in [6.07, 6.45) is -1.71. The van der Waals surface area contributed by atoms with Crippen molar-refractivity contribution in [2.75, 3.05) is 13.1 Å². The van der Waals surface area contributed by atoms with Gasteiger partial charge < -0.3 is 9.16 Å². The van der Waals surface area contributed by atoms with Crippen LogP contribution in [0.1, 0.15) is 54.0 Å². The molecular formula is C35H46N2O6SSi. The highest BCUT2D eigenvalue weighted by Crippen LogP contribution is 2.43. The number of carbonyl (C=O) groups is 1. The second-order valence-electron chi connectivity index (χ2n) is 14.2. The molecule has 4 atom stereocenters. The molecule has 242 valence electrons. The Balaban J connectivity index is 1.54. The Morgan fingerprint density at radius 3 is 1.89 bits per heavy atom. The summed E-state index contributed by atoms with van der Waals surface area (Å²) in [7, 11) is -6.78. The van der Waals surface area contributed by atoms with Crippen LogP contribution in [0.25, 0.3) is 0 Å². The van der Waals surface area contributed by atoms with E-state index >= 15 is 0 Å². The predicted molar refractivity (Wildman–Crippen MR) is 178 cm³/mol. The molecule has 0 bridgehead atoms. The van der Waals surface area contributed by atoms with Gasteiger partial charge in [-0.05, 0) is 62.2 Å². The molecular weight excluding hydrogens is 605 g/mol. The van der Waals surface area contributed by atoms with E-state index in [2.05, 4.69) is 45.0 Å². The number of hydrogen-bond donors (Lipinski definition) is 0. The summed E-state index contributed by atoms with van der Waals surface area (Å²) in [4.78, 5) is 20.2. The van der Waals surface area contributed by atoms with E-state index < -0.39 is 48.3 Å². The third-order valence-electron chi connectivity index (χ3n) is 8.73. The summed E-state index contributed by atoms with van der Waals surface area (Å²) in [5.74, 6) is -0.328. The largest absolute Gasteiger partial charge is 0.442 e. The van der Waals surface area contributed by atoms with E-state index in [4.69, 9.17) is 14.0 Å². The van der Waals surface area contributed by atoms with Gasteiger partial charge in [0.1, 0.15) is 11.7 Å². The number of ether oxygens (including phenoxy) is 1. The summed E-state index contributed by atoms with van der Waals surface area (Å²) < 4.78 is 42.2. The Morgan fingerprint density at radius 1 is 0.867 bits per heavy atom. The van der Waals surface area contributed by atoms with Crippen LogP contribution in [0.2, 0.25) is 5.04 Å². The van der Waals surface area contributed by atoms with Crippen LogP contribution < -0.4 is 10.4 Å². The Morgan fingerprint density at radius 2 is 1.40 bits per heavy atom. The Kier molecular flexibility index (Phi) is 9.11. The topological polar surface area (TPSA) is 85.4 Å². The molecule has 2 saturated heterocycles. The smallest absolute Gasteiger partial charge is 0.434 e. The van der Waals surface area contributed by atoms with Crippen LogP contribution in [0.3, 0.4) is 0 Å². The Bertz CT molecular complexity index is 1550. The highest BCUT2D eigenvalue weighted by atomic mass is 32.2. The lowest BCUT2D eigenvalue weighted by molar-refractivity contribution is -0.171. The quantitative estimate of drug-likeness (QED) is 0.314. The molecule has 0 spiro atoms. The summed E-state index contributed by atoms with van der Waals surface area (Å²) in [5.41, 5.74) is 0.225. The van der Waals surface area contributed by atoms with E-state index in [0.717, 1.165) is 15.9 Å². The first kappa shape index (κ1) is 33.3. The molecule has 0 saturated carbocycles. The van der Waals surface area contributed by atoms with Gasteiger partial charge in [-0.3, -0.25) is 4.84 Å². The first-order valence-corrected chi connectivity index (χ1v) is 18.9. The molecule has 1 amide bonds. The lowest BCUT2D eigenvalue weighted by Crippen LogP contribution is -2.68. The number of aryl methyl sites for hydroxylation is 1. The van der Waals surface area contributed by atoms with Crippen molar-refractivity contribution in [2.45, 2.75) is 89.2 Å². The molecule has 8 nitrogen and oxygen atoms in total. The monoisotopic (exact) mass is 650 g/mol. The van der Waals surface area contributed by atoms with Crippen LogP contribution in [0.5, 0.6) is 0 Å². The van der Waals surface area contributed by atoms with E-state index in [1.807, 2.05) is 50.2 Å². The third kappa shape index (κ3) is 6.48.